The van der Waals surface area contributed by atoms with Gasteiger partial charge in [-0.3, -0.25) is 13.9 Å². The molecule has 0 atom stereocenters. The van der Waals surface area contributed by atoms with Gasteiger partial charge in [-0.1, -0.05) is 13.2 Å². The van der Waals surface area contributed by atoms with E-state index < -0.39 is 40.9 Å². The molecule has 5 N–H and O–H groups in total. The summed E-state index contributed by atoms with van der Waals surface area (Å²) in [5.41, 5.74) is -1.03. The standard InChI is InChI=1S/C7H13NO4S.C6H11O5P/c1-4-6(9)8-7(2,3)5-13(10,11)12;1-5(6(7)8)3-2-4-12(9,10)11/h4H,1,5H2,2-3H3,(H,8,9)(H,10,11,12);1-4H2,(H,7,8)(H2,9,10,11). The molecule has 1 amide bonds. The number of carbonyl (C=O) groups is 2. The lowest BCUT2D eigenvalue weighted by atomic mass is 10.1. The highest BCUT2D eigenvalue weighted by molar-refractivity contribution is 7.85. The van der Waals surface area contributed by atoms with Crippen molar-refractivity contribution in [1.29, 1.82) is 0 Å². The van der Waals surface area contributed by atoms with Gasteiger partial charge in [-0.25, -0.2) is 4.79 Å². The second-order valence-electron chi connectivity index (χ2n) is 5.70. The molecule has 0 aliphatic carbocycles. The first-order valence-corrected chi connectivity index (χ1v) is 10.2. The molecule has 25 heavy (non-hydrogen) atoms. The predicted octanol–water partition coefficient (Wildman–Crippen LogP) is 0.540. The van der Waals surface area contributed by atoms with Gasteiger partial charge in [0.05, 0.1) is 17.5 Å². The zero-order valence-corrected chi connectivity index (χ0v) is 15.7. The monoisotopic (exact) mass is 401 g/mol. The van der Waals surface area contributed by atoms with Crippen molar-refractivity contribution in [2.24, 2.45) is 0 Å². The third kappa shape index (κ3) is 18.7. The number of nitrogens with one attached hydrogen (secondary N) is 1. The Morgan fingerprint density at radius 3 is 2.08 bits per heavy atom. The number of carbonyl (C=O) groups excluding carboxylic acids is 1. The first-order valence-electron chi connectivity index (χ1n) is 6.84. The number of hydrogen-bond acceptors (Lipinski definition) is 5. The van der Waals surface area contributed by atoms with E-state index in [4.69, 9.17) is 19.4 Å². The van der Waals surface area contributed by atoms with E-state index in [2.05, 4.69) is 18.5 Å². The average molecular weight is 401 g/mol. The molecule has 0 aromatic carbocycles. The maximum atomic E-state index is 10.8. The second kappa shape index (κ2) is 10.5. The van der Waals surface area contributed by atoms with Crippen molar-refractivity contribution < 1.29 is 42.0 Å². The lowest BCUT2D eigenvalue weighted by Crippen LogP contribution is -2.47. The molecule has 0 aromatic rings. The van der Waals surface area contributed by atoms with Gasteiger partial charge in [0.2, 0.25) is 5.91 Å². The van der Waals surface area contributed by atoms with Crippen molar-refractivity contribution in [3.63, 3.8) is 0 Å². The minimum atomic E-state index is -4.08. The van der Waals surface area contributed by atoms with Crippen LogP contribution in [0.5, 0.6) is 0 Å². The van der Waals surface area contributed by atoms with Gasteiger partial charge in [0.15, 0.2) is 0 Å². The molecule has 0 rings (SSSR count). The van der Waals surface area contributed by atoms with Crippen molar-refractivity contribution in [3.8, 4) is 0 Å². The van der Waals surface area contributed by atoms with Gasteiger partial charge in [-0.05, 0) is 32.8 Å². The van der Waals surface area contributed by atoms with Gasteiger partial charge in [-0.2, -0.15) is 8.42 Å². The maximum Gasteiger partial charge on any atom is 0.330 e. The molecule has 0 heterocycles. The molecule has 0 radical (unpaired) electrons. The normalized spacial score (nSPS) is 11.7. The van der Waals surface area contributed by atoms with Crippen LogP contribution in [-0.2, 0) is 24.3 Å². The quantitative estimate of drug-likeness (QED) is 0.209. The SMILES string of the molecule is C=C(CCCP(=O)(O)O)C(=O)O.C=CC(=O)NC(C)(C)CS(=O)(=O)O. The summed E-state index contributed by atoms with van der Waals surface area (Å²) in [6.45, 7) is 9.42. The van der Waals surface area contributed by atoms with Crippen LogP contribution >= 0.6 is 7.60 Å². The van der Waals surface area contributed by atoms with E-state index in [9.17, 15) is 22.6 Å². The Kier molecular flexibility index (Phi) is 10.8. The second-order valence-corrected chi connectivity index (χ2v) is 8.93. The summed E-state index contributed by atoms with van der Waals surface area (Å²) in [6.07, 6.45) is 1.00. The summed E-state index contributed by atoms with van der Waals surface area (Å²) >= 11 is 0. The molecule has 0 aliphatic heterocycles. The number of hydrogen-bond donors (Lipinski definition) is 5. The Bertz CT molecular complexity index is 648. The lowest BCUT2D eigenvalue weighted by molar-refractivity contribution is -0.132. The van der Waals surface area contributed by atoms with Crippen LogP contribution in [0.2, 0.25) is 0 Å². The average Bonchev–Trinajstić information content (AvgIpc) is 2.33. The Morgan fingerprint density at radius 2 is 1.76 bits per heavy atom. The van der Waals surface area contributed by atoms with E-state index >= 15 is 0 Å². The van der Waals surface area contributed by atoms with E-state index in [-0.39, 0.29) is 24.6 Å². The van der Waals surface area contributed by atoms with Gasteiger partial charge >= 0.3 is 13.6 Å². The predicted molar refractivity (Wildman–Crippen MR) is 91.8 cm³/mol. The van der Waals surface area contributed by atoms with Crippen molar-refractivity contribution in [3.05, 3.63) is 24.8 Å². The number of amides is 1. The van der Waals surface area contributed by atoms with E-state index in [1.54, 1.807) is 0 Å². The number of rotatable bonds is 9. The molecule has 0 unspecified atom stereocenters. The fourth-order valence-electron chi connectivity index (χ4n) is 1.48. The number of aliphatic carboxylic acids is 1. The van der Waals surface area contributed by atoms with Crippen LogP contribution in [0.3, 0.4) is 0 Å². The first-order chi connectivity index (χ1) is 11.0. The highest BCUT2D eigenvalue weighted by atomic mass is 32.2. The Labute approximate surface area is 146 Å². The highest BCUT2D eigenvalue weighted by Crippen LogP contribution is 2.35. The molecule has 0 aromatic heterocycles. The summed E-state index contributed by atoms with van der Waals surface area (Å²) in [7, 11) is -8.07. The molecule has 12 heteroatoms. The Morgan fingerprint density at radius 1 is 1.28 bits per heavy atom. The molecule has 10 nitrogen and oxygen atoms in total. The van der Waals surface area contributed by atoms with Gasteiger partial charge in [-0.15, -0.1) is 0 Å². The van der Waals surface area contributed by atoms with Crippen LogP contribution in [0.25, 0.3) is 0 Å². The van der Waals surface area contributed by atoms with E-state index in [0.29, 0.717) is 0 Å². The van der Waals surface area contributed by atoms with E-state index in [0.717, 1.165) is 6.08 Å². The zero-order chi connectivity index (χ0) is 20.5. The van der Waals surface area contributed by atoms with Crippen LogP contribution in [-0.4, -0.2) is 57.2 Å². The summed E-state index contributed by atoms with van der Waals surface area (Å²) in [5.74, 6) is -2.13. The molecule has 0 bridgehead atoms. The van der Waals surface area contributed by atoms with Crippen LogP contribution < -0.4 is 5.32 Å². The molecular weight excluding hydrogens is 377 g/mol. The van der Waals surface area contributed by atoms with Crippen molar-refractivity contribution in [2.75, 3.05) is 11.9 Å². The van der Waals surface area contributed by atoms with Crippen molar-refractivity contribution in [1.82, 2.24) is 5.32 Å². The lowest BCUT2D eigenvalue weighted by Gasteiger charge is -2.23. The molecule has 0 fully saturated rings. The zero-order valence-electron chi connectivity index (χ0n) is 14.0. The fraction of sp³-hybridized carbons (Fsp3) is 0.538. The first kappa shape index (κ1) is 25.7. The summed E-state index contributed by atoms with van der Waals surface area (Å²) in [5, 5.41) is 10.7. The Hall–Kier alpha value is -1.52. The molecular formula is C13H24NO9PS. The van der Waals surface area contributed by atoms with Crippen LogP contribution in [0.4, 0.5) is 0 Å². The van der Waals surface area contributed by atoms with Crippen molar-refractivity contribution in [2.45, 2.75) is 32.2 Å². The summed E-state index contributed by atoms with van der Waals surface area (Å²) < 4.78 is 39.8. The molecule has 0 aliphatic rings. The molecule has 0 saturated carbocycles. The van der Waals surface area contributed by atoms with Gasteiger partial charge in [0.1, 0.15) is 0 Å². The smallest absolute Gasteiger partial charge is 0.330 e. The minimum Gasteiger partial charge on any atom is -0.478 e. The third-order valence-electron chi connectivity index (χ3n) is 2.42. The van der Waals surface area contributed by atoms with E-state index in [1.807, 2.05) is 0 Å². The summed E-state index contributed by atoms with van der Waals surface area (Å²) in [6, 6.07) is 0. The van der Waals surface area contributed by atoms with Gasteiger partial charge < -0.3 is 20.2 Å². The van der Waals surface area contributed by atoms with E-state index in [1.165, 1.54) is 13.8 Å². The van der Waals surface area contributed by atoms with Crippen LogP contribution in [0, 0.1) is 0 Å². The highest BCUT2D eigenvalue weighted by Gasteiger charge is 2.25. The topological polar surface area (TPSA) is 178 Å². The van der Waals surface area contributed by atoms with Gasteiger partial charge in [0, 0.05) is 5.57 Å². The molecule has 0 saturated heterocycles. The van der Waals surface area contributed by atoms with Crippen LogP contribution in [0.1, 0.15) is 26.7 Å². The van der Waals surface area contributed by atoms with Crippen molar-refractivity contribution >= 4 is 29.6 Å². The molecule has 146 valence electrons. The maximum absolute atomic E-state index is 10.8. The minimum absolute atomic E-state index is 0.0246. The summed E-state index contributed by atoms with van der Waals surface area (Å²) in [4.78, 5) is 37.8. The fourth-order valence-corrected chi connectivity index (χ4v) is 3.04. The van der Waals surface area contributed by atoms with Gasteiger partial charge in [0.25, 0.3) is 10.1 Å². The number of carboxylic acids is 1. The van der Waals surface area contributed by atoms with Crippen LogP contribution in [0.15, 0.2) is 24.8 Å². The molecule has 0 spiro atoms. The largest absolute Gasteiger partial charge is 0.478 e. The third-order valence-corrected chi connectivity index (χ3v) is 4.41. The number of carboxylic acid groups (broad SMARTS) is 1. The Balaban J connectivity index is 0.